The van der Waals surface area contributed by atoms with Crippen molar-refractivity contribution in [2.24, 2.45) is 16.5 Å². The molecule has 1 aliphatic carbocycles. The molecule has 1 aromatic carbocycles. The van der Waals surface area contributed by atoms with Gasteiger partial charge in [0.25, 0.3) is 10.0 Å². The summed E-state index contributed by atoms with van der Waals surface area (Å²) in [4.78, 5) is 8.91. The van der Waals surface area contributed by atoms with Gasteiger partial charge in [-0.2, -0.15) is 4.99 Å². The van der Waals surface area contributed by atoms with Gasteiger partial charge in [0.05, 0.1) is 4.90 Å². The molecule has 0 spiro atoms. The Hall–Kier alpha value is -2.36. The number of nitrogens with two attached hydrogens (primary N) is 2. The maximum absolute atomic E-state index is 13.2. The Balaban J connectivity index is 1.64. The fourth-order valence-corrected chi connectivity index (χ4v) is 5.81. The summed E-state index contributed by atoms with van der Waals surface area (Å²) >= 11 is 0. The summed E-state index contributed by atoms with van der Waals surface area (Å²) in [7, 11) is 0.431. The molecular weight excluding hydrogens is 400 g/mol. The van der Waals surface area contributed by atoms with Crippen molar-refractivity contribution in [3.63, 3.8) is 0 Å². The van der Waals surface area contributed by atoms with Crippen molar-refractivity contribution in [1.82, 2.24) is 13.8 Å². The molecule has 2 heterocycles. The molecule has 9 heteroatoms. The van der Waals surface area contributed by atoms with E-state index in [1.165, 1.54) is 10.2 Å². The lowest BCUT2D eigenvalue weighted by molar-refractivity contribution is 0.138. The molecule has 162 valence electrons. The zero-order valence-corrected chi connectivity index (χ0v) is 18.5. The molecule has 8 nitrogen and oxygen atoms in total. The second-order valence-corrected chi connectivity index (χ2v) is 10.3. The third-order valence-electron chi connectivity index (χ3n) is 6.33. The van der Waals surface area contributed by atoms with Crippen LogP contribution in [0.15, 0.2) is 46.4 Å². The molecular formula is C21H30N6O2S. The van der Waals surface area contributed by atoms with Crippen LogP contribution in [-0.2, 0) is 10.0 Å². The molecule has 1 saturated carbocycles. The number of aliphatic imine (C=N–C) groups is 1. The van der Waals surface area contributed by atoms with Crippen molar-refractivity contribution in [2.75, 3.05) is 14.1 Å². The highest BCUT2D eigenvalue weighted by Gasteiger charge is 2.37. The fraction of sp³-hybridized carbons (Fsp3) is 0.476. The van der Waals surface area contributed by atoms with E-state index in [1.54, 1.807) is 30.3 Å². The predicted molar refractivity (Wildman–Crippen MR) is 118 cm³/mol. The van der Waals surface area contributed by atoms with E-state index in [-0.39, 0.29) is 16.9 Å². The number of benzene rings is 1. The summed E-state index contributed by atoms with van der Waals surface area (Å²) in [6.45, 7) is 1.92. The van der Waals surface area contributed by atoms with Crippen LogP contribution < -0.4 is 11.5 Å². The summed E-state index contributed by atoms with van der Waals surface area (Å²) in [5, 5.41) is 0. The largest absolute Gasteiger partial charge is 0.369 e. The highest BCUT2D eigenvalue weighted by atomic mass is 32.2. The average Bonchev–Trinajstić information content (AvgIpc) is 3.13. The Bertz CT molecular complexity index is 1050. The second-order valence-electron chi connectivity index (χ2n) is 8.46. The van der Waals surface area contributed by atoms with Gasteiger partial charge in [-0.25, -0.2) is 12.4 Å². The summed E-state index contributed by atoms with van der Waals surface area (Å²) < 4.78 is 27.5. The van der Waals surface area contributed by atoms with E-state index < -0.39 is 16.2 Å². The molecule has 30 heavy (non-hydrogen) atoms. The number of fused-ring (bicyclic) bond motifs is 1. The first-order chi connectivity index (χ1) is 14.2. The second kappa shape index (κ2) is 7.72. The number of aryl methyl sites for hydroxylation is 1. The van der Waals surface area contributed by atoms with E-state index >= 15 is 0 Å². The van der Waals surface area contributed by atoms with Gasteiger partial charge < -0.3 is 21.3 Å². The first-order valence-electron chi connectivity index (χ1n) is 10.3. The summed E-state index contributed by atoms with van der Waals surface area (Å²) in [5.74, 6) is 0.571. The zero-order chi connectivity index (χ0) is 21.6. The minimum absolute atomic E-state index is 0.199. The van der Waals surface area contributed by atoms with Gasteiger partial charge >= 0.3 is 0 Å². The van der Waals surface area contributed by atoms with Gasteiger partial charge in [0, 0.05) is 23.8 Å². The van der Waals surface area contributed by atoms with Gasteiger partial charge in [-0.1, -0.05) is 17.7 Å². The van der Waals surface area contributed by atoms with Gasteiger partial charge in [0.15, 0.2) is 11.8 Å². The number of hydrogen-bond acceptors (Lipinski definition) is 7. The molecule has 2 aliphatic rings. The lowest BCUT2D eigenvalue weighted by atomic mass is 9.89. The van der Waals surface area contributed by atoms with E-state index in [0.29, 0.717) is 17.4 Å². The summed E-state index contributed by atoms with van der Waals surface area (Å²) in [6.07, 6.45) is 5.10. The molecule has 0 saturated heterocycles. The monoisotopic (exact) mass is 430 g/mol. The van der Waals surface area contributed by atoms with Crippen LogP contribution in [0, 0.1) is 6.92 Å². The third kappa shape index (κ3) is 3.51. The standard InChI is InChI=1S/C21H30N6O2S/c1-14-4-10-17(11-5-14)30(28,29)26-13-12-18-19(22)27(21(23)24-20(18)26)16-8-6-15(7-9-16)25(2)3/h4-5,10-13,15-16,19H,6-9,22H2,1-3H3,(H2,23,24). The summed E-state index contributed by atoms with van der Waals surface area (Å²) in [5.41, 5.74) is 14.6. The maximum Gasteiger partial charge on any atom is 0.269 e. The van der Waals surface area contributed by atoms with Crippen LogP contribution in [0.3, 0.4) is 0 Å². The van der Waals surface area contributed by atoms with Crippen LogP contribution in [0.1, 0.15) is 43.0 Å². The first-order valence-corrected chi connectivity index (χ1v) is 11.7. The van der Waals surface area contributed by atoms with Crippen LogP contribution in [0.4, 0.5) is 5.82 Å². The Morgan fingerprint density at radius 3 is 2.30 bits per heavy atom. The number of aromatic nitrogens is 1. The number of hydrogen-bond donors (Lipinski definition) is 2. The molecule has 1 aliphatic heterocycles. The van der Waals surface area contributed by atoms with Crippen molar-refractivity contribution in [3.05, 3.63) is 47.7 Å². The van der Waals surface area contributed by atoms with Crippen molar-refractivity contribution in [2.45, 2.75) is 55.8 Å². The van der Waals surface area contributed by atoms with E-state index in [4.69, 9.17) is 11.5 Å². The lowest BCUT2D eigenvalue weighted by Gasteiger charge is -2.43. The number of nitrogens with zero attached hydrogens (tertiary/aromatic N) is 4. The van der Waals surface area contributed by atoms with Crippen LogP contribution >= 0.6 is 0 Å². The maximum atomic E-state index is 13.2. The van der Waals surface area contributed by atoms with Gasteiger partial charge in [0.2, 0.25) is 0 Å². The van der Waals surface area contributed by atoms with Crippen molar-refractivity contribution in [3.8, 4) is 0 Å². The Labute approximate surface area is 178 Å². The molecule has 1 aromatic heterocycles. The van der Waals surface area contributed by atoms with Crippen molar-refractivity contribution < 1.29 is 8.42 Å². The summed E-state index contributed by atoms with van der Waals surface area (Å²) in [6, 6.07) is 9.25. The third-order valence-corrected chi connectivity index (χ3v) is 8.01. The van der Waals surface area contributed by atoms with Gasteiger partial charge in [-0.15, -0.1) is 0 Å². The molecule has 0 amide bonds. The molecule has 1 fully saturated rings. The van der Waals surface area contributed by atoms with Crippen LogP contribution in [-0.4, -0.2) is 54.3 Å². The topological polar surface area (TPSA) is 110 Å². The Morgan fingerprint density at radius 1 is 1.07 bits per heavy atom. The van der Waals surface area contributed by atoms with E-state index in [1.807, 2.05) is 11.8 Å². The van der Waals surface area contributed by atoms with E-state index in [0.717, 1.165) is 31.2 Å². The molecule has 4 N–H and O–H groups in total. The molecule has 0 radical (unpaired) electrons. The van der Waals surface area contributed by atoms with Crippen molar-refractivity contribution in [1.29, 1.82) is 0 Å². The van der Waals surface area contributed by atoms with Crippen LogP contribution in [0.25, 0.3) is 0 Å². The van der Waals surface area contributed by atoms with Crippen LogP contribution in [0.5, 0.6) is 0 Å². The molecule has 1 atom stereocenters. The van der Waals surface area contributed by atoms with Gasteiger partial charge in [-0.3, -0.25) is 0 Å². The smallest absolute Gasteiger partial charge is 0.269 e. The fourth-order valence-electron chi connectivity index (χ4n) is 4.51. The highest BCUT2D eigenvalue weighted by molar-refractivity contribution is 7.90. The van der Waals surface area contributed by atoms with Gasteiger partial charge in [-0.05, 0) is 64.9 Å². The van der Waals surface area contributed by atoms with Gasteiger partial charge in [0.1, 0.15) is 6.17 Å². The van der Waals surface area contributed by atoms with E-state index in [9.17, 15) is 8.42 Å². The minimum Gasteiger partial charge on any atom is -0.369 e. The lowest BCUT2D eigenvalue weighted by Crippen LogP contribution is -2.53. The zero-order valence-electron chi connectivity index (χ0n) is 17.7. The first kappa shape index (κ1) is 20.9. The average molecular weight is 431 g/mol. The Morgan fingerprint density at radius 2 is 1.70 bits per heavy atom. The molecule has 1 unspecified atom stereocenters. The predicted octanol–water partition coefficient (Wildman–Crippen LogP) is 2.13. The molecule has 2 aromatic rings. The Kier molecular flexibility index (Phi) is 5.37. The van der Waals surface area contributed by atoms with Crippen LogP contribution in [0.2, 0.25) is 0 Å². The number of rotatable bonds is 4. The normalized spacial score (nSPS) is 24.6. The quantitative estimate of drug-likeness (QED) is 0.769. The van der Waals surface area contributed by atoms with E-state index in [2.05, 4.69) is 24.0 Å². The number of guanidine groups is 1. The molecule has 4 rings (SSSR count). The van der Waals surface area contributed by atoms with Crippen molar-refractivity contribution >= 4 is 21.8 Å². The molecule has 0 bridgehead atoms. The minimum atomic E-state index is -3.79. The highest BCUT2D eigenvalue weighted by Crippen LogP contribution is 2.38. The SMILES string of the molecule is Cc1ccc(S(=O)(=O)n2ccc3c2N=C(N)N(C2CCC(N(C)C)CC2)C3N)cc1.